The van der Waals surface area contributed by atoms with Gasteiger partial charge in [-0.05, 0) is 31.7 Å². The van der Waals surface area contributed by atoms with Crippen LogP contribution < -0.4 is 9.47 Å². The first kappa shape index (κ1) is 22.3. The van der Waals surface area contributed by atoms with Crippen molar-refractivity contribution in [3.63, 3.8) is 0 Å². The molecule has 30 heavy (non-hydrogen) atoms. The van der Waals surface area contributed by atoms with E-state index in [1.54, 1.807) is 38.2 Å². The summed E-state index contributed by atoms with van der Waals surface area (Å²) in [6, 6.07) is 5.39. The topological polar surface area (TPSA) is 85.1 Å². The van der Waals surface area contributed by atoms with Gasteiger partial charge in [0, 0.05) is 42.5 Å². The first-order valence-electron chi connectivity index (χ1n) is 9.99. The number of nitrogens with zero attached hydrogens (tertiary/aromatic N) is 3. The molecule has 3 rings (SSSR count). The SMILES string of the molecule is CCN1CCN(C(=O)CS(=O)Cc2nc(-c3ccc(OC)c(OC)c3)oc2C)CC1. The monoisotopic (exact) mass is 435 g/mol. The Morgan fingerprint density at radius 2 is 1.87 bits per heavy atom. The Bertz CT molecular complexity index is 906. The molecule has 164 valence electrons. The summed E-state index contributed by atoms with van der Waals surface area (Å²) in [6.45, 7) is 8.00. The quantitative estimate of drug-likeness (QED) is 0.628. The van der Waals surface area contributed by atoms with Gasteiger partial charge >= 0.3 is 0 Å². The number of methoxy groups -OCH3 is 2. The van der Waals surface area contributed by atoms with Crippen LogP contribution in [0.1, 0.15) is 18.4 Å². The minimum Gasteiger partial charge on any atom is -0.493 e. The molecule has 0 radical (unpaired) electrons. The predicted molar refractivity (Wildman–Crippen MR) is 115 cm³/mol. The van der Waals surface area contributed by atoms with E-state index in [0.717, 1.165) is 25.2 Å². The second kappa shape index (κ2) is 10.1. The Kier molecular flexibility index (Phi) is 7.49. The minimum absolute atomic E-state index is 0.00408. The lowest BCUT2D eigenvalue weighted by Crippen LogP contribution is -2.49. The number of aryl methyl sites for hydroxylation is 1. The minimum atomic E-state index is -1.35. The summed E-state index contributed by atoms with van der Waals surface area (Å²) in [6.07, 6.45) is 0. The average molecular weight is 436 g/mol. The van der Waals surface area contributed by atoms with Gasteiger partial charge in [-0.15, -0.1) is 0 Å². The van der Waals surface area contributed by atoms with Crippen LogP contribution in [0.5, 0.6) is 11.5 Å². The molecule has 0 N–H and O–H groups in total. The molecule has 1 aromatic carbocycles. The van der Waals surface area contributed by atoms with Gasteiger partial charge in [-0.1, -0.05) is 6.92 Å². The number of hydrogen-bond donors (Lipinski definition) is 0. The molecule has 2 heterocycles. The van der Waals surface area contributed by atoms with Gasteiger partial charge in [0.1, 0.15) is 11.5 Å². The third-order valence-corrected chi connectivity index (χ3v) is 6.44. The van der Waals surface area contributed by atoms with E-state index >= 15 is 0 Å². The molecule has 1 aliphatic rings. The van der Waals surface area contributed by atoms with Gasteiger partial charge in [-0.2, -0.15) is 0 Å². The molecule has 1 unspecified atom stereocenters. The molecular weight excluding hydrogens is 406 g/mol. The van der Waals surface area contributed by atoms with Crippen LogP contribution in [-0.4, -0.2) is 77.6 Å². The first-order chi connectivity index (χ1) is 14.4. The van der Waals surface area contributed by atoms with E-state index in [4.69, 9.17) is 13.9 Å². The van der Waals surface area contributed by atoms with Crippen molar-refractivity contribution in [3.8, 4) is 23.0 Å². The number of aromatic nitrogens is 1. The lowest BCUT2D eigenvalue weighted by Gasteiger charge is -2.34. The molecule has 1 atom stereocenters. The number of rotatable bonds is 8. The number of likely N-dealkylation sites (N-methyl/N-ethyl adjacent to an activating group) is 1. The van der Waals surface area contributed by atoms with Crippen molar-refractivity contribution < 1.29 is 22.9 Å². The van der Waals surface area contributed by atoms with Crippen LogP contribution >= 0.6 is 0 Å². The molecule has 2 aromatic rings. The highest BCUT2D eigenvalue weighted by Crippen LogP contribution is 2.32. The van der Waals surface area contributed by atoms with Crippen LogP contribution in [-0.2, 0) is 21.3 Å². The molecule has 0 bridgehead atoms. The fourth-order valence-corrected chi connectivity index (χ4v) is 4.53. The summed E-state index contributed by atoms with van der Waals surface area (Å²) in [5.74, 6) is 2.33. The van der Waals surface area contributed by atoms with Gasteiger partial charge in [0.15, 0.2) is 11.5 Å². The molecule has 1 aliphatic heterocycles. The van der Waals surface area contributed by atoms with Crippen molar-refractivity contribution in [2.75, 3.05) is 52.7 Å². The number of amides is 1. The molecule has 9 heteroatoms. The summed E-state index contributed by atoms with van der Waals surface area (Å²) in [5, 5.41) is 0. The number of carbonyl (C=O) groups is 1. The molecule has 1 aromatic heterocycles. The maximum atomic E-state index is 12.6. The van der Waals surface area contributed by atoms with E-state index in [1.807, 2.05) is 6.07 Å². The van der Waals surface area contributed by atoms with Crippen LogP contribution in [0.15, 0.2) is 22.6 Å². The van der Waals surface area contributed by atoms with Crippen LogP contribution in [0.25, 0.3) is 11.5 Å². The maximum absolute atomic E-state index is 12.6. The zero-order valence-electron chi connectivity index (χ0n) is 18.0. The highest BCUT2D eigenvalue weighted by atomic mass is 32.2. The average Bonchev–Trinajstić information content (AvgIpc) is 3.13. The molecule has 8 nitrogen and oxygen atoms in total. The van der Waals surface area contributed by atoms with Crippen molar-refractivity contribution >= 4 is 16.7 Å². The smallest absolute Gasteiger partial charge is 0.235 e. The number of benzene rings is 1. The van der Waals surface area contributed by atoms with E-state index in [1.165, 1.54) is 0 Å². The second-order valence-electron chi connectivity index (χ2n) is 7.14. The van der Waals surface area contributed by atoms with Crippen molar-refractivity contribution in [2.45, 2.75) is 19.6 Å². The molecule has 1 fully saturated rings. The van der Waals surface area contributed by atoms with Crippen molar-refractivity contribution in [1.29, 1.82) is 0 Å². The molecule has 0 spiro atoms. The zero-order chi connectivity index (χ0) is 21.7. The fourth-order valence-electron chi connectivity index (χ4n) is 3.40. The second-order valence-corrected chi connectivity index (χ2v) is 8.59. The third-order valence-electron chi connectivity index (χ3n) is 5.28. The standard InChI is InChI=1S/C21H29N3O5S/c1-5-23-8-10-24(11-9-23)20(25)14-30(26)13-17-15(2)29-21(22-17)16-6-7-18(27-3)19(12-16)28-4/h6-7,12H,5,8-11,13-14H2,1-4H3. The van der Waals surface area contributed by atoms with Crippen molar-refractivity contribution in [3.05, 3.63) is 29.7 Å². The summed E-state index contributed by atoms with van der Waals surface area (Å²) in [4.78, 5) is 21.1. The summed E-state index contributed by atoms with van der Waals surface area (Å²) in [5.41, 5.74) is 1.33. The summed E-state index contributed by atoms with van der Waals surface area (Å²) >= 11 is 0. The van der Waals surface area contributed by atoms with E-state index < -0.39 is 10.8 Å². The van der Waals surface area contributed by atoms with Crippen LogP contribution in [0.2, 0.25) is 0 Å². The van der Waals surface area contributed by atoms with Gasteiger partial charge in [0.2, 0.25) is 11.8 Å². The summed E-state index contributed by atoms with van der Waals surface area (Å²) in [7, 11) is 1.79. The first-order valence-corrected chi connectivity index (χ1v) is 11.5. The highest BCUT2D eigenvalue weighted by molar-refractivity contribution is 7.84. The molecule has 0 saturated carbocycles. The van der Waals surface area contributed by atoms with Gasteiger partial charge in [0.25, 0.3) is 0 Å². The zero-order valence-corrected chi connectivity index (χ0v) is 18.8. The number of hydrogen-bond acceptors (Lipinski definition) is 7. The Labute approximate surface area is 179 Å². The van der Waals surface area contributed by atoms with Gasteiger partial charge in [-0.3, -0.25) is 9.00 Å². The number of oxazole rings is 1. The highest BCUT2D eigenvalue weighted by Gasteiger charge is 2.23. The van der Waals surface area contributed by atoms with Crippen molar-refractivity contribution in [2.24, 2.45) is 0 Å². The lowest BCUT2D eigenvalue weighted by molar-refractivity contribution is -0.130. The number of carbonyl (C=O) groups excluding carboxylic acids is 1. The molecular formula is C21H29N3O5S. The number of piperazine rings is 1. The summed E-state index contributed by atoms with van der Waals surface area (Å²) < 4.78 is 29.0. The van der Waals surface area contributed by atoms with E-state index in [0.29, 0.717) is 41.9 Å². The maximum Gasteiger partial charge on any atom is 0.235 e. The number of ether oxygens (including phenoxy) is 2. The molecule has 1 saturated heterocycles. The van der Waals surface area contributed by atoms with Crippen LogP contribution in [0, 0.1) is 6.92 Å². The molecule has 0 aliphatic carbocycles. The Hall–Kier alpha value is -2.39. The fraction of sp³-hybridized carbons (Fsp3) is 0.524. The van der Waals surface area contributed by atoms with Crippen molar-refractivity contribution in [1.82, 2.24) is 14.8 Å². The van der Waals surface area contributed by atoms with E-state index in [-0.39, 0.29) is 17.4 Å². The van der Waals surface area contributed by atoms with Crippen LogP contribution in [0.4, 0.5) is 0 Å². The Balaban J connectivity index is 1.63. The predicted octanol–water partition coefficient (Wildman–Crippen LogP) is 2.08. The van der Waals surface area contributed by atoms with Gasteiger partial charge in [0.05, 0.1) is 25.7 Å². The van der Waals surface area contributed by atoms with Crippen LogP contribution in [0.3, 0.4) is 0 Å². The molecule has 1 amide bonds. The normalized spacial score (nSPS) is 15.8. The Morgan fingerprint density at radius 1 is 1.17 bits per heavy atom. The third kappa shape index (κ3) is 5.20. The van der Waals surface area contributed by atoms with Gasteiger partial charge in [-0.25, -0.2) is 4.98 Å². The van der Waals surface area contributed by atoms with E-state index in [2.05, 4.69) is 16.8 Å². The largest absolute Gasteiger partial charge is 0.493 e. The lowest BCUT2D eigenvalue weighted by atomic mass is 10.2. The van der Waals surface area contributed by atoms with Gasteiger partial charge < -0.3 is 23.7 Å². The Morgan fingerprint density at radius 3 is 2.50 bits per heavy atom. The van der Waals surface area contributed by atoms with E-state index in [9.17, 15) is 9.00 Å².